The molecule has 3 heteroatoms. The van der Waals surface area contributed by atoms with Crippen LogP contribution in [0.15, 0.2) is 12.2 Å². The number of hydrogen-bond donors (Lipinski definition) is 0. The van der Waals surface area contributed by atoms with Crippen LogP contribution in [0.1, 0.15) is 12.8 Å². The van der Waals surface area contributed by atoms with Crippen molar-refractivity contribution in [2.75, 3.05) is 34.8 Å². The summed E-state index contributed by atoms with van der Waals surface area (Å²) in [5.74, 6) is -0.290. The molecule has 0 atom stereocenters. The summed E-state index contributed by atoms with van der Waals surface area (Å²) in [7, 11) is 7.76. The average Bonchev–Trinajstić information content (AvgIpc) is 2.00. The number of nitrogens with zero attached hydrogens (tertiary/aromatic N) is 1. The van der Waals surface area contributed by atoms with Crippen molar-refractivity contribution in [2.45, 2.75) is 12.8 Å². The standard InChI is InChI=1S/C10H20NO2/c1-9(10(12)13-5)7-6-8-11(2,3)4/h1,6-8H2,2-5H3/q+1. The first-order valence-corrected chi connectivity index (χ1v) is 4.43. The van der Waals surface area contributed by atoms with Crippen LogP contribution in [0.5, 0.6) is 0 Å². The second kappa shape index (κ2) is 5.02. The molecule has 0 aromatic rings. The van der Waals surface area contributed by atoms with E-state index in [4.69, 9.17) is 0 Å². The zero-order valence-electron chi connectivity index (χ0n) is 9.09. The predicted octanol–water partition coefficient (Wildman–Crippen LogP) is 1.20. The molecular weight excluding hydrogens is 166 g/mol. The monoisotopic (exact) mass is 186 g/mol. The lowest BCUT2D eigenvalue weighted by atomic mass is 10.1. The van der Waals surface area contributed by atoms with Crippen LogP contribution in [0.2, 0.25) is 0 Å². The topological polar surface area (TPSA) is 26.3 Å². The smallest absolute Gasteiger partial charge is 0.333 e. The van der Waals surface area contributed by atoms with Crippen molar-refractivity contribution < 1.29 is 14.0 Å². The molecule has 0 N–H and O–H groups in total. The molecule has 0 aliphatic carbocycles. The molecule has 0 unspecified atom stereocenters. The number of quaternary nitrogens is 1. The third-order valence-corrected chi connectivity index (χ3v) is 1.78. The van der Waals surface area contributed by atoms with Crippen LogP contribution >= 0.6 is 0 Å². The van der Waals surface area contributed by atoms with Crippen molar-refractivity contribution >= 4 is 5.97 Å². The maximum Gasteiger partial charge on any atom is 0.333 e. The maximum absolute atomic E-state index is 10.9. The summed E-state index contributed by atoms with van der Waals surface area (Å²) in [6.45, 7) is 4.70. The van der Waals surface area contributed by atoms with E-state index in [0.717, 1.165) is 23.9 Å². The van der Waals surface area contributed by atoms with Gasteiger partial charge >= 0.3 is 5.97 Å². The lowest BCUT2D eigenvalue weighted by Gasteiger charge is -2.23. The summed E-state index contributed by atoms with van der Waals surface area (Å²) in [6, 6.07) is 0. The number of ether oxygens (including phenoxy) is 1. The van der Waals surface area contributed by atoms with E-state index in [2.05, 4.69) is 32.5 Å². The summed E-state index contributed by atoms with van der Waals surface area (Å²) in [6.07, 6.45) is 1.69. The van der Waals surface area contributed by atoms with E-state index < -0.39 is 0 Å². The number of methoxy groups -OCH3 is 1. The van der Waals surface area contributed by atoms with Gasteiger partial charge in [-0.3, -0.25) is 0 Å². The minimum absolute atomic E-state index is 0.290. The minimum atomic E-state index is -0.290. The van der Waals surface area contributed by atoms with Crippen molar-refractivity contribution in [3.05, 3.63) is 12.2 Å². The van der Waals surface area contributed by atoms with E-state index in [9.17, 15) is 4.79 Å². The van der Waals surface area contributed by atoms with Crippen LogP contribution in [-0.2, 0) is 9.53 Å². The summed E-state index contributed by atoms with van der Waals surface area (Å²) in [5.41, 5.74) is 0.566. The van der Waals surface area contributed by atoms with Gasteiger partial charge in [0.25, 0.3) is 0 Å². The van der Waals surface area contributed by atoms with Crippen LogP contribution in [-0.4, -0.2) is 45.2 Å². The van der Waals surface area contributed by atoms with E-state index in [1.54, 1.807) is 0 Å². The molecule has 0 rings (SSSR count). The Labute approximate surface area is 80.6 Å². The van der Waals surface area contributed by atoms with E-state index in [0.29, 0.717) is 5.57 Å². The number of rotatable bonds is 5. The summed E-state index contributed by atoms with van der Waals surface area (Å²) in [5, 5.41) is 0. The molecule has 0 spiro atoms. The minimum Gasteiger partial charge on any atom is -0.466 e. The fourth-order valence-corrected chi connectivity index (χ4v) is 1.01. The molecule has 0 radical (unpaired) electrons. The number of esters is 1. The normalized spacial score (nSPS) is 11.1. The fraction of sp³-hybridized carbons (Fsp3) is 0.700. The number of hydrogen-bond acceptors (Lipinski definition) is 2. The largest absolute Gasteiger partial charge is 0.466 e. The van der Waals surface area contributed by atoms with E-state index in [1.165, 1.54) is 7.11 Å². The van der Waals surface area contributed by atoms with Crippen LogP contribution in [0.25, 0.3) is 0 Å². The van der Waals surface area contributed by atoms with Gasteiger partial charge in [-0.25, -0.2) is 4.79 Å². The first-order chi connectivity index (χ1) is 5.87. The predicted molar refractivity (Wildman–Crippen MR) is 53.3 cm³/mol. The van der Waals surface area contributed by atoms with Crippen LogP contribution in [0.4, 0.5) is 0 Å². The lowest BCUT2D eigenvalue weighted by molar-refractivity contribution is -0.870. The van der Waals surface area contributed by atoms with Crippen molar-refractivity contribution in [2.24, 2.45) is 0 Å². The Morgan fingerprint density at radius 3 is 2.31 bits per heavy atom. The summed E-state index contributed by atoms with van der Waals surface area (Å²) < 4.78 is 5.46. The Morgan fingerprint density at radius 1 is 1.38 bits per heavy atom. The molecule has 0 aliphatic rings. The molecule has 0 saturated carbocycles. The second-order valence-electron chi connectivity index (χ2n) is 4.21. The van der Waals surface area contributed by atoms with E-state index in [-0.39, 0.29) is 5.97 Å². The molecule has 0 aromatic heterocycles. The molecule has 0 aromatic carbocycles. The SMILES string of the molecule is C=C(CCC[N+](C)(C)C)C(=O)OC. The van der Waals surface area contributed by atoms with E-state index in [1.807, 2.05) is 0 Å². The highest BCUT2D eigenvalue weighted by Crippen LogP contribution is 2.06. The Kier molecular flexibility index (Phi) is 4.70. The van der Waals surface area contributed by atoms with Gasteiger partial charge < -0.3 is 9.22 Å². The third kappa shape index (κ3) is 6.34. The molecule has 0 fully saturated rings. The molecule has 76 valence electrons. The van der Waals surface area contributed by atoms with Gasteiger partial charge in [-0.1, -0.05) is 6.58 Å². The zero-order valence-corrected chi connectivity index (χ0v) is 9.09. The first kappa shape index (κ1) is 12.2. The van der Waals surface area contributed by atoms with E-state index >= 15 is 0 Å². The van der Waals surface area contributed by atoms with Gasteiger partial charge in [0.05, 0.1) is 34.8 Å². The van der Waals surface area contributed by atoms with Gasteiger partial charge in [-0.15, -0.1) is 0 Å². The summed E-state index contributed by atoms with van der Waals surface area (Å²) in [4.78, 5) is 10.9. The van der Waals surface area contributed by atoms with Gasteiger partial charge in [0, 0.05) is 12.0 Å². The second-order valence-corrected chi connectivity index (χ2v) is 4.21. The van der Waals surface area contributed by atoms with Crippen molar-refractivity contribution in [3.63, 3.8) is 0 Å². The summed E-state index contributed by atoms with van der Waals surface area (Å²) >= 11 is 0. The molecule has 3 nitrogen and oxygen atoms in total. The number of carbonyl (C=O) groups excluding carboxylic acids is 1. The van der Waals surface area contributed by atoms with Gasteiger partial charge in [0.15, 0.2) is 0 Å². The van der Waals surface area contributed by atoms with Gasteiger partial charge in [-0.05, 0) is 6.42 Å². The number of carbonyl (C=O) groups is 1. The quantitative estimate of drug-likeness (QED) is 0.366. The Bertz CT molecular complexity index is 192. The van der Waals surface area contributed by atoms with Crippen molar-refractivity contribution in [1.29, 1.82) is 0 Å². The first-order valence-electron chi connectivity index (χ1n) is 4.43. The van der Waals surface area contributed by atoms with Crippen molar-refractivity contribution in [3.8, 4) is 0 Å². The van der Waals surface area contributed by atoms with Gasteiger partial charge in [-0.2, -0.15) is 0 Å². The third-order valence-electron chi connectivity index (χ3n) is 1.78. The van der Waals surface area contributed by atoms with Crippen molar-refractivity contribution in [1.82, 2.24) is 0 Å². The van der Waals surface area contributed by atoms with Gasteiger partial charge in [0.2, 0.25) is 0 Å². The van der Waals surface area contributed by atoms with Crippen LogP contribution in [0.3, 0.4) is 0 Å². The highest BCUT2D eigenvalue weighted by Gasteiger charge is 2.10. The Hall–Kier alpha value is -0.830. The highest BCUT2D eigenvalue weighted by atomic mass is 16.5. The molecule has 0 bridgehead atoms. The molecule has 0 amide bonds. The lowest BCUT2D eigenvalue weighted by Crippen LogP contribution is -2.35. The Morgan fingerprint density at radius 2 is 1.92 bits per heavy atom. The highest BCUT2D eigenvalue weighted by molar-refractivity contribution is 5.87. The molecule has 0 heterocycles. The maximum atomic E-state index is 10.9. The molecule has 13 heavy (non-hydrogen) atoms. The Balaban J connectivity index is 3.66. The zero-order chi connectivity index (χ0) is 10.5. The molecule has 0 saturated heterocycles. The molecule has 0 aliphatic heterocycles. The van der Waals surface area contributed by atoms with Gasteiger partial charge in [0.1, 0.15) is 0 Å². The average molecular weight is 186 g/mol. The van der Waals surface area contributed by atoms with Crippen LogP contribution in [0, 0.1) is 0 Å². The van der Waals surface area contributed by atoms with Crippen LogP contribution < -0.4 is 0 Å². The fourth-order valence-electron chi connectivity index (χ4n) is 1.01. The molecular formula is C10H20NO2+.